The summed E-state index contributed by atoms with van der Waals surface area (Å²) >= 11 is 0. The zero-order valence-electron chi connectivity index (χ0n) is 10.8. The van der Waals surface area contributed by atoms with Crippen molar-refractivity contribution in [3.8, 4) is 11.5 Å². The van der Waals surface area contributed by atoms with E-state index < -0.39 is 0 Å². The van der Waals surface area contributed by atoms with E-state index in [4.69, 9.17) is 9.47 Å². The largest absolute Gasteiger partial charge is 0.497 e. The molecule has 0 spiro atoms. The monoisotopic (exact) mass is 257 g/mol. The maximum Gasteiger partial charge on any atom is 0.293 e. The molecule has 1 aliphatic rings. The molecule has 0 aliphatic carbocycles. The van der Waals surface area contributed by atoms with Crippen LogP contribution in [0.5, 0.6) is 11.5 Å². The van der Waals surface area contributed by atoms with Gasteiger partial charge in [-0.3, -0.25) is 4.79 Å². The van der Waals surface area contributed by atoms with E-state index in [1.165, 1.54) is 0 Å². The van der Waals surface area contributed by atoms with Gasteiger partial charge in [0.2, 0.25) is 0 Å². The van der Waals surface area contributed by atoms with Gasteiger partial charge in [0.1, 0.15) is 5.75 Å². The summed E-state index contributed by atoms with van der Waals surface area (Å²) in [6.07, 6.45) is 2.66. The smallest absolute Gasteiger partial charge is 0.293 e. The number of methoxy groups -OCH3 is 1. The van der Waals surface area contributed by atoms with E-state index in [1.807, 2.05) is 36.5 Å². The van der Waals surface area contributed by atoms with Gasteiger partial charge in [-0.2, -0.15) is 0 Å². The maximum atomic E-state index is 12.2. The van der Waals surface area contributed by atoms with Crippen LogP contribution in [-0.2, 0) is 13.0 Å². The van der Waals surface area contributed by atoms with Crippen molar-refractivity contribution in [3.05, 3.63) is 58.0 Å². The lowest BCUT2D eigenvalue weighted by Crippen LogP contribution is -2.21. The van der Waals surface area contributed by atoms with Crippen LogP contribution < -0.4 is 15.0 Å². The van der Waals surface area contributed by atoms with Crippen molar-refractivity contribution in [2.45, 2.75) is 13.0 Å². The SMILES string of the molecule is COc1ccc(Cn2ccc3c(c2=O)OCC3)cc1. The van der Waals surface area contributed by atoms with Crippen LogP contribution in [0.3, 0.4) is 0 Å². The first-order valence-corrected chi connectivity index (χ1v) is 6.26. The maximum absolute atomic E-state index is 12.2. The molecule has 0 saturated heterocycles. The Morgan fingerprint density at radius 1 is 1.26 bits per heavy atom. The third-order valence-corrected chi connectivity index (χ3v) is 3.33. The highest BCUT2D eigenvalue weighted by molar-refractivity contribution is 5.34. The van der Waals surface area contributed by atoms with Crippen LogP contribution in [0.25, 0.3) is 0 Å². The van der Waals surface area contributed by atoms with E-state index in [0.29, 0.717) is 18.9 Å². The Labute approximate surface area is 111 Å². The first-order valence-electron chi connectivity index (χ1n) is 6.26. The Hall–Kier alpha value is -2.23. The van der Waals surface area contributed by atoms with Gasteiger partial charge in [0.25, 0.3) is 5.56 Å². The topological polar surface area (TPSA) is 40.5 Å². The fraction of sp³-hybridized carbons (Fsp3) is 0.267. The lowest BCUT2D eigenvalue weighted by molar-refractivity contribution is 0.350. The molecule has 4 heteroatoms. The van der Waals surface area contributed by atoms with E-state index in [-0.39, 0.29) is 5.56 Å². The van der Waals surface area contributed by atoms with Crippen molar-refractivity contribution in [3.63, 3.8) is 0 Å². The van der Waals surface area contributed by atoms with E-state index in [1.54, 1.807) is 11.7 Å². The average Bonchev–Trinajstić information content (AvgIpc) is 2.92. The van der Waals surface area contributed by atoms with Gasteiger partial charge in [-0.05, 0) is 23.8 Å². The minimum Gasteiger partial charge on any atom is -0.497 e. The molecule has 0 amide bonds. The Morgan fingerprint density at radius 3 is 2.79 bits per heavy atom. The molecule has 0 N–H and O–H groups in total. The van der Waals surface area contributed by atoms with E-state index in [9.17, 15) is 4.79 Å². The standard InChI is InChI=1S/C15H15NO3/c1-18-13-4-2-11(3-5-13)10-16-8-6-12-7-9-19-14(12)15(16)17/h2-6,8H,7,9-10H2,1H3. The van der Waals surface area contributed by atoms with Crippen LogP contribution in [0.4, 0.5) is 0 Å². The molecule has 2 aromatic rings. The van der Waals surface area contributed by atoms with Crippen molar-refractivity contribution in [1.82, 2.24) is 4.57 Å². The molecule has 0 fully saturated rings. The fourth-order valence-electron chi connectivity index (χ4n) is 2.26. The van der Waals surface area contributed by atoms with E-state index in [0.717, 1.165) is 23.3 Å². The number of benzene rings is 1. The predicted molar refractivity (Wildman–Crippen MR) is 72.0 cm³/mol. The second-order valence-electron chi connectivity index (χ2n) is 4.55. The molecule has 19 heavy (non-hydrogen) atoms. The molecule has 98 valence electrons. The molecule has 0 radical (unpaired) electrons. The molecule has 4 nitrogen and oxygen atoms in total. The van der Waals surface area contributed by atoms with Gasteiger partial charge in [-0.1, -0.05) is 12.1 Å². The molecule has 3 rings (SSSR count). The fourth-order valence-corrected chi connectivity index (χ4v) is 2.26. The second-order valence-corrected chi connectivity index (χ2v) is 4.55. The molecule has 0 bridgehead atoms. The summed E-state index contributed by atoms with van der Waals surface area (Å²) < 4.78 is 12.2. The van der Waals surface area contributed by atoms with Crippen molar-refractivity contribution in [1.29, 1.82) is 0 Å². The average molecular weight is 257 g/mol. The highest BCUT2D eigenvalue weighted by atomic mass is 16.5. The highest BCUT2D eigenvalue weighted by Crippen LogP contribution is 2.20. The number of hydrogen-bond acceptors (Lipinski definition) is 3. The van der Waals surface area contributed by atoms with Crippen LogP contribution in [-0.4, -0.2) is 18.3 Å². The quantitative estimate of drug-likeness (QED) is 0.842. The molecule has 2 heterocycles. The molecule has 0 unspecified atom stereocenters. The second kappa shape index (κ2) is 4.80. The van der Waals surface area contributed by atoms with Gasteiger partial charge in [0, 0.05) is 18.2 Å². The van der Waals surface area contributed by atoms with Crippen LogP contribution in [0.1, 0.15) is 11.1 Å². The summed E-state index contributed by atoms with van der Waals surface area (Å²) in [7, 11) is 1.64. The zero-order chi connectivity index (χ0) is 13.2. The lowest BCUT2D eigenvalue weighted by Gasteiger charge is -2.08. The van der Waals surface area contributed by atoms with Gasteiger partial charge in [0.15, 0.2) is 5.75 Å². The van der Waals surface area contributed by atoms with E-state index in [2.05, 4.69) is 0 Å². The van der Waals surface area contributed by atoms with Crippen LogP contribution >= 0.6 is 0 Å². The molecular formula is C15H15NO3. The Kier molecular flexibility index (Phi) is 2.99. The zero-order valence-corrected chi connectivity index (χ0v) is 10.8. The van der Waals surface area contributed by atoms with Gasteiger partial charge in [-0.25, -0.2) is 0 Å². The van der Waals surface area contributed by atoms with Gasteiger partial charge < -0.3 is 14.0 Å². The van der Waals surface area contributed by atoms with Crippen LogP contribution in [0.2, 0.25) is 0 Å². The van der Waals surface area contributed by atoms with E-state index >= 15 is 0 Å². The van der Waals surface area contributed by atoms with Gasteiger partial charge in [-0.15, -0.1) is 0 Å². The Balaban J connectivity index is 1.89. The summed E-state index contributed by atoms with van der Waals surface area (Å²) in [5.41, 5.74) is 2.02. The predicted octanol–water partition coefficient (Wildman–Crippen LogP) is 1.84. The number of nitrogens with zero attached hydrogens (tertiary/aromatic N) is 1. The van der Waals surface area contributed by atoms with Crippen molar-refractivity contribution in [2.24, 2.45) is 0 Å². The van der Waals surface area contributed by atoms with Gasteiger partial charge in [0.05, 0.1) is 20.3 Å². The minimum atomic E-state index is -0.0502. The number of fused-ring (bicyclic) bond motifs is 1. The third kappa shape index (κ3) is 2.21. The first kappa shape index (κ1) is 11.8. The van der Waals surface area contributed by atoms with Crippen molar-refractivity contribution < 1.29 is 9.47 Å². The third-order valence-electron chi connectivity index (χ3n) is 3.33. The number of hydrogen-bond donors (Lipinski definition) is 0. The van der Waals surface area contributed by atoms with Crippen LogP contribution in [0, 0.1) is 0 Å². The Morgan fingerprint density at radius 2 is 2.05 bits per heavy atom. The molecule has 1 aromatic carbocycles. The molecule has 0 saturated carbocycles. The number of aromatic nitrogens is 1. The summed E-state index contributed by atoms with van der Waals surface area (Å²) in [5, 5.41) is 0. The summed E-state index contributed by atoms with van der Waals surface area (Å²) in [6, 6.07) is 9.67. The molecule has 0 atom stereocenters. The van der Waals surface area contributed by atoms with Crippen LogP contribution in [0.15, 0.2) is 41.3 Å². The highest BCUT2D eigenvalue weighted by Gasteiger charge is 2.17. The Bertz CT molecular complexity index is 643. The molecule has 1 aromatic heterocycles. The number of pyridine rings is 1. The number of rotatable bonds is 3. The summed E-state index contributed by atoms with van der Waals surface area (Å²) in [5.74, 6) is 1.32. The number of ether oxygens (including phenoxy) is 2. The first-order chi connectivity index (χ1) is 9.28. The van der Waals surface area contributed by atoms with Crippen molar-refractivity contribution >= 4 is 0 Å². The van der Waals surface area contributed by atoms with Gasteiger partial charge >= 0.3 is 0 Å². The summed E-state index contributed by atoms with van der Waals surface area (Å²) in [4.78, 5) is 12.2. The lowest BCUT2D eigenvalue weighted by atomic mass is 10.2. The molecular weight excluding hydrogens is 242 g/mol. The summed E-state index contributed by atoms with van der Waals surface area (Å²) in [6.45, 7) is 1.15. The molecule has 1 aliphatic heterocycles. The minimum absolute atomic E-state index is 0.0502. The van der Waals surface area contributed by atoms with Crippen molar-refractivity contribution in [2.75, 3.05) is 13.7 Å². The normalized spacial score (nSPS) is 12.9.